The molecule has 7 nitrogen and oxygen atoms in total. The number of fused-ring (bicyclic) bond motifs is 1. The fourth-order valence-corrected chi connectivity index (χ4v) is 8.30. The molecule has 0 saturated heterocycles. The summed E-state index contributed by atoms with van der Waals surface area (Å²) in [6.07, 6.45) is 1.80. The summed E-state index contributed by atoms with van der Waals surface area (Å²) in [7, 11) is 1.58. The molecule has 0 N–H and O–H groups in total. The molecule has 2 heterocycles. The minimum Gasteiger partial charge on any atom is -0.497 e. The topological polar surface area (TPSA) is 79.1 Å². The maximum absolute atomic E-state index is 14.4. The van der Waals surface area contributed by atoms with Crippen LogP contribution in [0.5, 0.6) is 11.5 Å². The first-order valence-corrected chi connectivity index (χ1v) is 17.5. The van der Waals surface area contributed by atoms with Gasteiger partial charge in [0.1, 0.15) is 23.9 Å². The van der Waals surface area contributed by atoms with E-state index in [0.717, 1.165) is 18.3 Å². The predicted molar refractivity (Wildman–Crippen MR) is 197 cm³/mol. The number of nitrogens with zero attached hydrogens (tertiary/aromatic N) is 2. The highest BCUT2D eigenvalue weighted by Gasteiger charge is 2.35. The van der Waals surface area contributed by atoms with Crippen LogP contribution in [-0.4, -0.2) is 24.3 Å². The molecule has 5 aromatic rings. The highest BCUT2D eigenvalue weighted by molar-refractivity contribution is 14.1. The van der Waals surface area contributed by atoms with Crippen LogP contribution in [-0.2, 0) is 16.1 Å². The molecule has 1 aliphatic heterocycles. The molecule has 47 heavy (non-hydrogen) atoms. The van der Waals surface area contributed by atoms with Crippen molar-refractivity contribution in [3.8, 4) is 11.5 Å². The molecule has 1 atom stereocenters. The summed E-state index contributed by atoms with van der Waals surface area (Å²) in [6.45, 7) is 2.13. The minimum absolute atomic E-state index is 0.163. The molecule has 0 spiro atoms. The summed E-state index contributed by atoms with van der Waals surface area (Å²) in [5.41, 5.74) is 3.38. The highest BCUT2D eigenvalue weighted by atomic mass is 127. The Balaban J connectivity index is 1.55. The molecule has 1 aromatic heterocycles. The molecule has 6 rings (SSSR count). The fourth-order valence-electron chi connectivity index (χ4n) is 5.26. The van der Waals surface area contributed by atoms with Crippen LogP contribution in [0.2, 0.25) is 0 Å². The lowest BCUT2D eigenvalue weighted by molar-refractivity contribution is -0.138. The predicted octanol–water partition coefficient (Wildman–Crippen LogP) is 6.87. The highest BCUT2D eigenvalue weighted by Crippen LogP contribution is 2.36. The van der Waals surface area contributed by atoms with E-state index in [4.69, 9.17) is 19.2 Å². The number of hydrogen-bond donors (Lipinski definition) is 0. The first-order chi connectivity index (χ1) is 22.8. The summed E-state index contributed by atoms with van der Waals surface area (Å²) in [4.78, 5) is 33.5. The monoisotopic (exact) mass is 872 g/mol. The number of halogens is 3. The summed E-state index contributed by atoms with van der Waals surface area (Å²) >= 11 is 5.69. The lowest BCUT2D eigenvalue weighted by Gasteiger charge is -2.26. The molecular weight excluding hydrogens is 845 g/mol. The number of benzene rings is 4. The van der Waals surface area contributed by atoms with Crippen LogP contribution in [0.4, 0.5) is 4.39 Å². The summed E-state index contributed by atoms with van der Waals surface area (Å²) in [5, 5.41) is 0. The number of carbonyl (C=O) groups excluding carboxylic acids is 1. The van der Waals surface area contributed by atoms with Gasteiger partial charge in [0, 0.05) is 14.7 Å². The molecular formula is C36H27FI2N2O5S. The molecule has 4 aromatic carbocycles. The lowest BCUT2D eigenvalue weighted by Crippen LogP contribution is -2.40. The Labute approximate surface area is 301 Å². The van der Waals surface area contributed by atoms with Gasteiger partial charge in [-0.3, -0.25) is 9.36 Å². The van der Waals surface area contributed by atoms with Crippen LogP contribution in [0, 0.1) is 13.0 Å². The lowest BCUT2D eigenvalue weighted by atomic mass is 9.93. The van der Waals surface area contributed by atoms with Crippen molar-refractivity contribution in [3.05, 3.63) is 151 Å². The molecule has 0 saturated carbocycles. The third-order valence-corrected chi connectivity index (χ3v) is 9.83. The number of thiazole rings is 1. The van der Waals surface area contributed by atoms with E-state index < -0.39 is 12.0 Å². The summed E-state index contributed by atoms with van der Waals surface area (Å²) in [6, 6.07) is 26.0. The molecule has 0 amide bonds. The van der Waals surface area contributed by atoms with Crippen molar-refractivity contribution in [2.45, 2.75) is 19.6 Å². The van der Waals surface area contributed by atoms with Gasteiger partial charge < -0.3 is 14.2 Å². The van der Waals surface area contributed by atoms with Crippen molar-refractivity contribution in [2.75, 3.05) is 13.7 Å². The SMILES string of the molecule is CCOC(=O)C1=C(c2ccccc2)N=c2s/c(=C\c3cc(I)cc(I)c3OCc3ccc(F)cc3)c(=O)n2[C@H]1c1ccc(OC)cc1. The zero-order chi connectivity index (χ0) is 33.1. The van der Waals surface area contributed by atoms with Crippen LogP contribution in [0.1, 0.15) is 35.2 Å². The molecule has 238 valence electrons. The van der Waals surface area contributed by atoms with Crippen molar-refractivity contribution in [3.63, 3.8) is 0 Å². The van der Waals surface area contributed by atoms with E-state index in [2.05, 4.69) is 45.2 Å². The minimum atomic E-state index is -0.807. The number of methoxy groups -OCH3 is 1. The van der Waals surface area contributed by atoms with E-state index in [-0.39, 0.29) is 30.2 Å². The van der Waals surface area contributed by atoms with Crippen LogP contribution < -0.4 is 24.4 Å². The summed E-state index contributed by atoms with van der Waals surface area (Å²) < 4.78 is 34.5. The first-order valence-electron chi connectivity index (χ1n) is 14.6. The number of carbonyl (C=O) groups is 1. The third kappa shape index (κ3) is 7.06. The quantitative estimate of drug-likeness (QED) is 0.120. The van der Waals surface area contributed by atoms with Gasteiger partial charge in [0.05, 0.1) is 39.1 Å². The number of ether oxygens (including phenoxy) is 3. The maximum Gasteiger partial charge on any atom is 0.338 e. The average molecular weight is 872 g/mol. The molecule has 1 aliphatic rings. The van der Waals surface area contributed by atoms with Gasteiger partial charge in [-0.2, -0.15) is 0 Å². The van der Waals surface area contributed by atoms with Crippen LogP contribution in [0.25, 0.3) is 11.8 Å². The molecule has 0 radical (unpaired) electrons. The average Bonchev–Trinajstić information content (AvgIpc) is 3.38. The first kappa shape index (κ1) is 33.1. The molecule has 0 fully saturated rings. The van der Waals surface area contributed by atoms with E-state index in [1.165, 1.54) is 23.5 Å². The van der Waals surface area contributed by atoms with Gasteiger partial charge in [0.25, 0.3) is 5.56 Å². The number of hydrogen-bond acceptors (Lipinski definition) is 7. The Kier molecular flexibility index (Phi) is 10.2. The maximum atomic E-state index is 14.4. The van der Waals surface area contributed by atoms with Crippen molar-refractivity contribution >= 4 is 74.3 Å². The normalized spacial score (nSPS) is 14.4. The van der Waals surface area contributed by atoms with E-state index in [0.29, 0.717) is 37.7 Å². The Bertz CT molecular complexity index is 2160. The van der Waals surface area contributed by atoms with Gasteiger partial charge in [-0.1, -0.05) is 65.9 Å². The van der Waals surface area contributed by atoms with Crippen molar-refractivity contribution < 1.29 is 23.4 Å². The zero-order valence-electron chi connectivity index (χ0n) is 25.2. The molecule has 0 unspecified atom stereocenters. The zero-order valence-corrected chi connectivity index (χ0v) is 30.3. The van der Waals surface area contributed by atoms with Gasteiger partial charge in [0.15, 0.2) is 4.80 Å². The third-order valence-electron chi connectivity index (χ3n) is 7.43. The van der Waals surface area contributed by atoms with Crippen LogP contribution in [0.15, 0.2) is 106 Å². The molecule has 0 aliphatic carbocycles. The molecule has 0 bridgehead atoms. The van der Waals surface area contributed by atoms with Gasteiger partial charge in [-0.25, -0.2) is 14.2 Å². The van der Waals surface area contributed by atoms with Gasteiger partial charge in [0.2, 0.25) is 0 Å². The molecule has 11 heteroatoms. The Morgan fingerprint density at radius 2 is 1.74 bits per heavy atom. The van der Waals surface area contributed by atoms with Gasteiger partial charge in [-0.05, 0) is 106 Å². The van der Waals surface area contributed by atoms with E-state index in [9.17, 15) is 14.0 Å². The smallest absolute Gasteiger partial charge is 0.338 e. The van der Waals surface area contributed by atoms with Gasteiger partial charge in [-0.15, -0.1) is 0 Å². The fraction of sp³-hybridized carbons (Fsp3) is 0.139. The Morgan fingerprint density at radius 3 is 2.43 bits per heavy atom. The summed E-state index contributed by atoms with van der Waals surface area (Å²) in [5.74, 6) is 0.384. The van der Waals surface area contributed by atoms with Crippen molar-refractivity contribution in [2.24, 2.45) is 4.99 Å². The van der Waals surface area contributed by atoms with E-state index in [1.54, 1.807) is 48.9 Å². The van der Waals surface area contributed by atoms with E-state index in [1.807, 2.05) is 54.6 Å². The number of esters is 1. The largest absolute Gasteiger partial charge is 0.497 e. The van der Waals surface area contributed by atoms with Crippen LogP contribution >= 0.6 is 56.5 Å². The second-order valence-corrected chi connectivity index (χ2v) is 13.8. The Morgan fingerprint density at radius 1 is 1.02 bits per heavy atom. The second kappa shape index (κ2) is 14.5. The number of rotatable bonds is 9. The van der Waals surface area contributed by atoms with E-state index >= 15 is 0 Å². The second-order valence-electron chi connectivity index (χ2n) is 10.4. The number of aromatic nitrogens is 1. The van der Waals surface area contributed by atoms with Crippen LogP contribution in [0.3, 0.4) is 0 Å². The standard InChI is InChI=1S/C36H27FI2N2O5S/c1-3-45-35(43)30-31(22-7-5-4-6-8-22)40-36-41(32(30)23-11-15-27(44-2)16-12-23)34(42)29(47-36)18-24-17-26(38)19-28(39)33(24)46-20-21-9-13-25(37)14-10-21/h4-19,32H,3,20H2,1-2H3/b29-18-/t32-/m0/s1. The van der Waals surface area contributed by atoms with Crippen molar-refractivity contribution in [1.82, 2.24) is 4.57 Å². The van der Waals surface area contributed by atoms with Crippen molar-refractivity contribution in [1.29, 1.82) is 0 Å². The Hall–Kier alpha value is -3.82. The van der Waals surface area contributed by atoms with Gasteiger partial charge >= 0.3 is 5.97 Å².